The number of nitrogens with one attached hydrogen (secondary N) is 3. The molecule has 6 N–H and O–H groups in total. The number of carboxylic acid groups (broad SMARTS) is 1. The van der Waals surface area contributed by atoms with Crippen LogP contribution in [-0.4, -0.2) is 36.2 Å². The Labute approximate surface area is 115 Å². The molecule has 0 aliphatic rings. The minimum absolute atomic E-state index is 0.111. The van der Waals surface area contributed by atoms with Crippen LogP contribution in [0.25, 0.3) is 0 Å². The summed E-state index contributed by atoms with van der Waals surface area (Å²) >= 11 is 0. The van der Waals surface area contributed by atoms with Crippen LogP contribution in [0.15, 0.2) is 24.3 Å². The van der Waals surface area contributed by atoms with Gasteiger partial charge in [-0.05, 0) is 17.7 Å². The van der Waals surface area contributed by atoms with Gasteiger partial charge >= 0.3 is 18.0 Å². The SMILES string of the molecule is NC(=O)NCCNC(=O)Nc1cccc(CC(=O)O)c1. The molecule has 0 aliphatic heterocycles. The van der Waals surface area contributed by atoms with Gasteiger partial charge in [0.1, 0.15) is 0 Å². The predicted octanol–water partition coefficient (Wildman–Crippen LogP) is 0.104. The van der Waals surface area contributed by atoms with Crippen LogP contribution in [0.3, 0.4) is 0 Å². The Bertz CT molecular complexity index is 504. The summed E-state index contributed by atoms with van der Waals surface area (Å²) in [4.78, 5) is 32.5. The van der Waals surface area contributed by atoms with Gasteiger partial charge in [0.15, 0.2) is 0 Å². The lowest BCUT2D eigenvalue weighted by Crippen LogP contribution is -2.38. The van der Waals surface area contributed by atoms with Gasteiger partial charge in [0.05, 0.1) is 6.42 Å². The van der Waals surface area contributed by atoms with Crippen LogP contribution in [0.4, 0.5) is 15.3 Å². The van der Waals surface area contributed by atoms with Crippen LogP contribution < -0.4 is 21.7 Å². The van der Waals surface area contributed by atoms with Crippen molar-refractivity contribution in [1.82, 2.24) is 10.6 Å². The van der Waals surface area contributed by atoms with E-state index in [1.54, 1.807) is 24.3 Å². The lowest BCUT2D eigenvalue weighted by molar-refractivity contribution is -0.136. The Morgan fingerprint density at radius 1 is 1.15 bits per heavy atom. The highest BCUT2D eigenvalue weighted by molar-refractivity contribution is 5.89. The Kier molecular flexibility index (Phi) is 5.82. The summed E-state index contributed by atoms with van der Waals surface area (Å²) in [5, 5.41) is 16.1. The fourth-order valence-electron chi connectivity index (χ4n) is 1.47. The largest absolute Gasteiger partial charge is 0.481 e. The van der Waals surface area contributed by atoms with Crippen molar-refractivity contribution in [1.29, 1.82) is 0 Å². The Balaban J connectivity index is 2.41. The highest BCUT2D eigenvalue weighted by Gasteiger charge is 2.04. The van der Waals surface area contributed by atoms with Gasteiger partial charge in [-0.2, -0.15) is 0 Å². The molecule has 0 spiro atoms. The maximum Gasteiger partial charge on any atom is 0.319 e. The van der Waals surface area contributed by atoms with E-state index in [0.717, 1.165) is 0 Å². The van der Waals surface area contributed by atoms with Crippen LogP contribution >= 0.6 is 0 Å². The predicted molar refractivity (Wildman–Crippen MR) is 72.4 cm³/mol. The van der Waals surface area contributed by atoms with E-state index in [1.165, 1.54) is 0 Å². The number of carbonyl (C=O) groups excluding carboxylic acids is 2. The second kappa shape index (κ2) is 7.62. The maximum absolute atomic E-state index is 11.5. The molecule has 0 radical (unpaired) electrons. The summed E-state index contributed by atoms with van der Waals surface area (Å²) in [7, 11) is 0. The molecule has 20 heavy (non-hydrogen) atoms. The van der Waals surface area contributed by atoms with Crippen molar-refractivity contribution >= 4 is 23.7 Å². The molecule has 1 aromatic rings. The topological polar surface area (TPSA) is 134 Å². The number of carbonyl (C=O) groups is 3. The molecule has 0 bridgehead atoms. The molecule has 0 saturated carbocycles. The molecule has 0 aliphatic carbocycles. The molecule has 4 amide bonds. The van der Waals surface area contributed by atoms with Crippen molar-refractivity contribution in [2.24, 2.45) is 5.73 Å². The molecule has 8 heteroatoms. The van der Waals surface area contributed by atoms with Gasteiger partial charge < -0.3 is 26.8 Å². The third kappa shape index (κ3) is 6.24. The highest BCUT2D eigenvalue weighted by Crippen LogP contribution is 2.11. The number of benzene rings is 1. The maximum atomic E-state index is 11.5. The standard InChI is InChI=1S/C12H16N4O4/c13-11(19)14-4-5-15-12(20)16-9-3-1-2-8(6-9)7-10(17)18/h1-3,6H,4-5,7H2,(H,17,18)(H3,13,14,19)(H2,15,16,20). The van der Waals surface area contributed by atoms with E-state index in [2.05, 4.69) is 16.0 Å². The van der Waals surface area contributed by atoms with Crippen LogP contribution in [0.5, 0.6) is 0 Å². The van der Waals surface area contributed by atoms with Crippen LogP contribution in [0, 0.1) is 0 Å². The fraction of sp³-hybridized carbons (Fsp3) is 0.250. The van der Waals surface area contributed by atoms with Crippen molar-refractivity contribution in [3.8, 4) is 0 Å². The van der Waals surface area contributed by atoms with E-state index in [1.807, 2.05) is 0 Å². The zero-order valence-corrected chi connectivity index (χ0v) is 10.7. The zero-order valence-electron chi connectivity index (χ0n) is 10.7. The number of hydrogen-bond acceptors (Lipinski definition) is 3. The average Bonchev–Trinajstić information content (AvgIpc) is 2.34. The Hall–Kier alpha value is -2.77. The smallest absolute Gasteiger partial charge is 0.319 e. The molecule has 8 nitrogen and oxygen atoms in total. The third-order valence-electron chi connectivity index (χ3n) is 2.25. The number of carboxylic acids is 1. The van der Waals surface area contributed by atoms with E-state index in [0.29, 0.717) is 11.3 Å². The van der Waals surface area contributed by atoms with Crippen molar-refractivity contribution in [3.63, 3.8) is 0 Å². The van der Waals surface area contributed by atoms with Gasteiger partial charge in [-0.15, -0.1) is 0 Å². The Morgan fingerprint density at radius 2 is 1.85 bits per heavy atom. The van der Waals surface area contributed by atoms with E-state index in [4.69, 9.17) is 10.8 Å². The quantitative estimate of drug-likeness (QED) is 0.472. The van der Waals surface area contributed by atoms with Gasteiger partial charge in [-0.3, -0.25) is 4.79 Å². The minimum Gasteiger partial charge on any atom is -0.481 e. The molecular formula is C12H16N4O4. The molecular weight excluding hydrogens is 264 g/mol. The zero-order chi connectivity index (χ0) is 15.0. The van der Waals surface area contributed by atoms with Gasteiger partial charge in [-0.1, -0.05) is 12.1 Å². The average molecular weight is 280 g/mol. The number of nitrogens with two attached hydrogens (primary N) is 1. The van der Waals surface area contributed by atoms with Gasteiger partial charge in [0.25, 0.3) is 0 Å². The molecule has 0 aromatic heterocycles. The number of amides is 4. The van der Waals surface area contributed by atoms with Crippen molar-refractivity contribution in [2.45, 2.75) is 6.42 Å². The third-order valence-corrected chi connectivity index (χ3v) is 2.25. The molecule has 0 saturated heterocycles. The number of hydrogen-bond donors (Lipinski definition) is 5. The number of anilines is 1. The second-order valence-corrected chi connectivity index (χ2v) is 3.94. The van der Waals surface area contributed by atoms with Crippen LogP contribution in [0.2, 0.25) is 0 Å². The van der Waals surface area contributed by atoms with Crippen molar-refractivity contribution < 1.29 is 19.5 Å². The molecule has 1 aromatic carbocycles. The monoisotopic (exact) mass is 280 g/mol. The molecule has 0 heterocycles. The highest BCUT2D eigenvalue weighted by atomic mass is 16.4. The first-order valence-corrected chi connectivity index (χ1v) is 5.86. The fourth-order valence-corrected chi connectivity index (χ4v) is 1.47. The number of rotatable bonds is 6. The lowest BCUT2D eigenvalue weighted by Gasteiger charge is -2.08. The number of primary amides is 1. The first-order valence-electron chi connectivity index (χ1n) is 5.86. The Morgan fingerprint density at radius 3 is 2.50 bits per heavy atom. The first-order chi connectivity index (χ1) is 9.47. The van der Waals surface area contributed by atoms with Gasteiger partial charge in [0.2, 0.25) is 0 Å². The van der Waals surface area contributed by atoms with E-state index < -0.39 is 18.0 Å². The van der Waals surface area contributed by atoms with Crippen LogP contribution in [0.1, 0.15) is 5.56 Å². The summed E-state index contributed by atoms with van der Waals surface area (Å²) < 4.78 is 0. The summed E-state index contributed by atoms with van der Waals surface area (Å²) in [6, 6.07) is 5.43. The molecule has 1 rings (SSSR count). The summed E-state index contributed by atoms with van der Waals surface area (Å²) in [5.74, 6) is -0.941. The van der Waals surface area contributed by atoms with Crippen LogP contribution in [-0.2, 0) is 11.2 Å². The van der Waals surface area contributed by atoms with Gasteiger partial charge in [0, 0.05) is 18.8 Å². The number of urea groups is 2. The minimum atomic E-state index is -0.941. The summed E-state index contributed by atoms with van der Waals surface area (Å²) in [6.07, 6.45) is -0.111. The molecule has 0 fully saturated rings. The first kappa shape index (κ1) is 15.3. The van der Waals surface area contributed by atoms with Crippen molar-refractivity contribution in [3.05, 3.63) is 29.8 Å². The molecule has 108 valence electrons. The van der Waals surface area contributed by atoms with Gasteiger partial charge in [-0.25, -0.2) is 9.59 Å². The lowest BCUT2D eigenvalue weighted by atomic mass is 10.1. The summed E-state index contributed by atoms with van der Waals surface area (Å²) in [6.45, 7) is 0.450. The van der Waals surface area contributed by atoms with E-state index in [-0.39, 0.29) is 19.5 Å². The number of aliphatic carboxylic acids is 1. The van der Waals surface area contributed by atoms with E-state index in [9.17, 15) is 14.4 Å². The van der Waals surface area contributed by atoms with E-state index >= 15 is 0 Å². The normalized spacial score (nSPS) is 9.60. The van der Waals surface area contributed by atoms with Crippen molar-refractivity contribution in [2.75, 3.05) is 18.4 Å². The summed E-state index contributed by atoms with van der Waals surface area (Å²) in [5.41, 5.74) is 5.94. The molecule has 0 atom stereocenters. The molecule has 0 unspecified atom stereocenters. The second-order valence-electron chi connectivity index (χ2n) is 3.94.